The third-order valence-electron chi connectivity index (χ3n) is 3.45. The molecule has 0 aromatic carbocycles. The predicted octanol–water partition coefficient (Wildman–Crippen LogP) is 3.22. The van der Waals surface area contributed by atoms with Crippen molar-refractivity contribution in [1.29, 1.82) is 0 Å². The van der Waals surface area contributed by atoms with E-state index in [0.29, 0.717) is 45.3 Å². The normalized spacial score (nSPS) is 13.5. The van der Waals surface area contributed by atoms with E-state index in [4.69, 9.17) is 18.9 Å². The van der Waals surface area contributed by atoms with Crippen molar-refractivity contribution >= 4 is 21.0 Å². The Morgan fingerprint density at radius 1 is 1.06 bits per heavy atom. The molecule has 9 nitrogen and oxygen atoms in total. The van der Waals surface area contributed by atoms with Crippen LogP contribution in [0.2, 0.25) is 0 Å². The fraction of sp³-hybridized carbons (Fsp3) is 0.714. The molecule has 0 aliphatic rings. The molecule has 10 heteroatoms. The molecule has 0 atom stereocenters. The number of rotatable bonds is 14. The molecular weight excluding hydrogens is 424 g/mol. The Morgan fingerprint density at radius 2 is 1.68 bits per heavy atom. The van der Waals surface area contributed by atoms with Gasteiger partial charge in [0.05, 0.1) is 26.4 Å². The second kappa shape index (κ2) is 15.8. The van der Waals surface area contributed by atoms with Gasteiger partial charge in [-0.1, -0.05) is 13.3 Å². The molecule has 0 aliphatic carbocycles. The summed E-state index contributed by atoms with van der Waals surface area (Å²) in [5, 5.41) is 2.65. The maximum absolute atomic E-state index is 11.5. The molecule has 0 rings (SSSR count). The van der Waals surface area contributed by atoms with E-state index in [1.54, 1.807) is 26.8 Å². The highest BCUT2D eigenvalue weighted by Gasteiger charge is 2.15. The lowest BCUT2D eigenvalue weighted by Gasteiger charge is -2.19. The highest BCUT2D eigenvalue weighted by molar-refractivity contribution is 8.05. The lowest BCUT2D eigenvalue weighted by atomic mass is 10.2. The van der Waals surface area contributed by atoms with Crippen LogP contribution in [0.5, 0.6) is 0 Å². The summed E-state index contributed by atoms with van der Waals surface area (Å²) in [5.74, 6) is 0.611. The predicted molar refractivity (Wildman–Crippen MR) is 122 cm³/mol. The van der Waals surface area contributed by atoms with Crippen molar-refractivity contribution in [3.05, 3.63) is 24.1 Å². The molecule has 0 bridgehead atoms. The number of allylic oxidation sites excluding steroid dienone is 2. The first kappa shape index (κ1) is 29.1. The molecule has 0 saturated heterocycles. The lowest BCUT2D eigenvalue weighted by molar-refractivity contribution is 0.0262. The Balaban J connectivity index is 4.00. The summed E-state index contributed by atoms with van der Waals surface area (Å²) < 4.78 is 44.3. The van der Waals surface area contributed by atoms with Gasteiger partial charge in [0, 0.05) is 19.0 Å². The van der Waals surface area contributed by atoms with Crippen molar-refractivity contribution < 1.29 is 32.2 Å². The summed E-state index contributed by atoms with van der Waals surface area (Å²) in [4.78, 5) is 15.4. The van der Waals surface area contributed by atoms with Gasteiger partial charge in [0.25, 0.3) is 0 Å². The van der Waals surface area contributed by atoms with Crippen LogP contribution in [0.15, 0.2) is 29.1 Å². The molecule has 180 valence electrons. The van der Waals surface area contributed by atoms with Crippen molar-refractivity contribution in [2.75, 3.05) is 45.8 Å². The van der Waals surface area contributed by atoms with Gasteiger partial charge in [-0.25, -0.2) is 18.2 Å². The SMILES string of the molecule is CCC/C=C(/C=C\N=C(C)S(C)(=O)=O)OCCOCCOCCNC(=O)OC(C)(C)C. The number of nitrogens with one attached hydrogen (secondary N) is 1. The Hall–Kier alpha value is -1.91. The maximum Gasteiger partial charge on any atom is 0.407 e. The van der Waals surface area contributed by atoms with Gasteiger partial charge < -0.3 is 24.3 Å². The van der Waals surface area contributed by atoms with Crippen LogP contribution >= 0.6 is 0 Å². The lowest BCUT2D eigenvalue weighted by Crippen LogP contribution is -2.34. The van der Waals surface area contributed by atoms with Crippen LogP contribution in [-0.2, 0) is 28.8 Å². The fourth-order valence-electron chi connectivity index (χ4n) is 1.85. The Morgan fingerprint density at radius 3 is 2.26 bits per heavy atom. The fourth-order valence-corrected chi connectivity index (χ4v) is 2.11. The van der Waals surface area contributed by atoms with Crippen LogP contribution in [0.3, 0.4) is 0 Å². The molecule has 0 saturated carbocycles. The average molecular weight is 463 g/mol. The van der Waals surface area contributed by atoms with E-state index in [1.165, 1.54) is 13.1 Å². The van der Waals surface area contributed by atoms with Crippen molar-refractivity contribution in [3.63, 3.8) is 0 Å². The first-order chi connectivity index (χ1) is 14.5. The number of nitrogens with zero attached hydrogens (tertiary/aromatic N) is 1. The molecule has 0 fully saturated rings. The summed E-state index contributed by atoms with van der Waals surface area (Å²) >= 11 is 0. The monoisotopic (exact) mass is 462 g/mol. The number of amides is 1. The molecule has 0 spiro atoms. The topological polar surface area (TPSA) is 113 Å². The van der Waals surface area contributed by atoms with Crippen LogP contribution in [0, 0.1) is 0 Å². The van der Waals surface area contributed by atoms with E-state index in [0.717, 1.165) is 19.1 Å². The number of sulfone groups is 1. The van der Waals surface area contributed by atoms with Gasteiger partial charge in [0.1, 0.15) is 23.0 Å². The van der Waals surface area contributed by atoms with Crippen LogP contribution < -0.4 is 5.32 Å². The highest BCUT2D eigenvalue weighted by atomic mass is 32.2. The van der Waals surface area contributed by atoms with Crippen LogP contribution in [-0.4, -0.2) is 71.0 Å². The minimum absolute atomic E-state index is 0.0446. The maximum atomic E-state index is 11.5. The van der Waals surface area contributed by atoms with Gasteiger partial charge in [-0.2, -0.15) is 0 Å². The van der Waals surface area contributed by atoms with E-state index in [1.807, 2.05) is 6.08 Å². The van der Waals surface area contributed by atoms with Gasteiger partial charge >= 0.3 is 6.09 Å². The Labute approximate surface area is 186 Å². The molecule has 1 N–H and O–H groups in total. The number of unbranched alkanes of at least 4 members (excludes halogenated alkanes) is 1. The average Bonchev–Trinajstić information content (AvgIpc) is 2.64. The van der Waals surface area contributed by atoms with Gasteiger partial charge in [0.2, 0.25) is 0 Å². The van der Waals surface area contributed by atoms with E-state index < -0.39 is 21.5 Å². The summed E-state index contributed by atoms with van der Waals surface area (Å²) in [6.07, 6.45) is 7.40. The summed E-state index contributed by atoms with van der Waals surface area (Å²) in [6, 6.07) is 0. The molecular formula is C21H38N2O7S. The molecule has 31 heavy (non-hydrogen) atoms. The number of ether oxygens (including phenoxy) is 4. The minimum Gasteiger partial charge on any atom is -0.491 e. The minimum atomic E-state index is -3.29. The van der Waals surface area contributed by atoms with Crippen molar-refractivity contribution in [2.45, 2.75) is 53.1 Å². The molecule has 0 aromatic rings. The number of alkyl carbamates (subject to hydrolysis) is 1. The number of hydrogen-bond acceptors (Lipinski definition) is 8. The van der Waals surface area contributed by atoms with E-state index in [9.17, 15) is 13.2 Å². The molecule has 0 heterocycles. The van der Waals surface area contributed by atoms with Crippen molar-refractivity contribution in [1.82, 2.24) is 5.32 Å². The van der Waals surface area contributed by atoms with Gasteiger partial charge in [0.15, 0.2) is 9.84 Å². The van der Waals surface area contributed by atoms with E-state index in [2.05, 4.69) is 17.2 Å². The number of aliphatic imine (C=N–C) groups is 1. The van der Waals surface area contributed by atoms with Gasteiger partial charge in [-0.15, -0.1) is 0 Å². The first-order valence-corrected chi connectivity index (χ1v) is 12.2. The molecule has 1 amide bonds. The zero-order valence-corrected chi connectivity index (χ0v) is 20.4. The quantitative estimate of drug-likeness (QED) is 0.139. The number of hydrogen-bond donors (Lipinski definition) is 1. The zero-order valence-electron chi connectivity index (χ0n) is 19.6. The van der Waals surface area contributed by atoms with Gasteiger partial charge in [-0.3, -0.25) is 0 Å². The van der Waals surface area contributed by atoms with Crippen LogP contribution in [0.4, 0.5) is 4.79 Å². The Kier molecular flexibility index (Phi) is 14.9. The molecule has 0 unspecified atom stereocenters. The molecule has 0 aromatic heterocycles. The second-order valence-corrected chi connectivity index (χ2v) is 9.77. The van der Waals surface area contributed by atoms with Crippen LogP contribution in [0.25, 0.3) is 0 Å². The number of carbonyl (C=O) groups excluding carboxylic acids is 1. The molecule has 0 radical (unpaired) electrons. The summed E-state index contributed by atoms with van der Waals surface area (Å²) in [5.41, 5.74) is -0.523. The zero-order chi connectivity index (χ0) is 23.8. The van der Waals surface area contributed by atoms with E-state index >= 15 is 0 Å². The smallest absolute Gasteiger partial charge is 0.407 e. The second-order valence-electron chi connectivity index (χ2n) is 7.63. The Bertz CT molecular complexity index is 708. The van der Waals surface area contributed by atoms with Crippen molar-refractivity contribution in [2.24, 2.45) is 4.99 Å². The first-order valence-electron chi connectivity index (χ1n) is 10.3. The van der Waals surface area contributed by atoms with Gasteiger partial charge in [-0.05, 0) is 46.3 Å². The third kappa shape index (κ3) is 18.6. The number of carbonyl (C=O) groups is 1. The standard InChI is InChI=1S/C21H38N2O7S/c1-7-8-9-19(10-11-22-18(2)31(6,25)26)29-17-16-28-15-14-27-13-12-23-20(24)30-21(3,4)5/h9-11H,7-8,12-17H2,1-6H3,(H,23,24)/b11-10-,19-9-,22-18?. The summed E-state index contributed by atoms with van der Waals surface area (Å²) in [7, 11) is -3.29. The highest BCUT2D eigenvalue weighted by Crippen LogP contribution is 2.06. The largest absolute Gasteiger partial charge is 0.491 e. The van der Waals surface area contributed by atoms with E-state index in [-0.39, 0.29) is 5.04 Å². The summed E-state index contributed by atoms with van der Waals surface area (Å²) in [6.45, 7) is 11.1. The van der Waals surface area contributed by atoms with Crippen molar-refractivity contribution in [3.8, 4) is 0 Å². The third-order valence-corrected chi connectivity index (χ3v) is 4.63. The molecule has 0 aliphatic heterocycles. The van der Waals surface area contributed by atoms with Crippen LogP contribution in [0.1, 0.15) is 47.5 Å².